The molecule has 3 rings (SSSR count). The van der Waals surface area contributed by atoms with Gasteiger partial charge >= 0.3 is 11.8 Å². The molecule has 0 bridgehead atoms. The fourth-order valence-electron chi connectivity index (χ4n) is 3.04. The zero-order chi connectivity index (χ0) is 21.8. The standard InChI is InChI=1S/C22H20Cl2N4O2/c1-13-6-4-5-7-20(13)26-21(29)22(30)27-25-12-16-10-14(2)28(15(16)3)17-8-9-18(23)19(24)11-17/h4-12H,1-3H3,(H,26,29)(H,27,30)/b25-12-. The lowest BCUT2D eigenvalue weighted by atomic mass is 10.2. The summed E-state index contributed by atoms with van der Waals surface area (Å²) in [6.45, 7) is 5.71. The first kappa shape index (κ1) is 21.6. The third kappa shape index (κ3) is 4.72. The second-order valence-electron chi connectivity index (χ2n) is 6.73. The van der Waals surface area contributed by atoms with Crippen LogP contribution in [0.3, 0.4) is 0 Å². The number of aromatic nitrogens is 1. The van der Waals surface area contributed by atoms with E-state index in [-0.39, 0.29) is 0 Å². The molecule has 0 aliphatic carbocycles. The van der Waals surface area contributed by atoms with Gasteiger partial charge < -0.3 is 9.88 Å². The van der Waals surface area contributed by atoms with Gasteiger partial charge in [0, 0.05) is 28.3 Å². The van der Waals surface area contributed by atoms with E-state index in [1.54, 1.807) is 24.3 Å². The molecule has 0 aliphatic rings. The molecule has 6 nitrogen and oxygen atoms in total. The Morgan fingerprint density at radius 2 is 1.70 bits per heavy atom. The Morgan fingerprint density at radius 1 is 0.967 bits per heavy atom. The maximum atomic E-state index is 12.1. The summed E-state index contributed by atoms with van der Waals surface area (Å²) in [5.41, 5.74) is 7.19. The number of rotatable bonds is 4. The molecule has 0 spiro atoms. The van der Waals surface area contributed by atoms with E-state index in [1.165, 1.54) is 6.21 Å². The second-order valence-corrected chi connectivity index (χ2v) is 7.54. The number of para-hydroxylation sites is 1. The maximum absolute atomic E-state index is 12.1. The van der Waals surface area contributed by atoms with Crippen molar-refractivity contribution in [3.05, 3.63) is 81.1 Å². The van der Waals surface area contributed by atoms with Crippen molar-refractivity contribution in [2.24, 2.45) is 5.10 Å². The predicted octanol–water partition coefficient (Wildman–Crippen LogP) is 4.80. The average Bonchev–Trinajstić information content (AvgIpc) is 2.99. The zero-order valence-electron chi connectivity index (χ0n) is 16.7. The number of nitrogens with one attached hydrogen (secondary N) is 2. The van der Waals surface area contributed by atoms with Crippen molar-refractivity contribution >= 4 is 46.9 Å². The van der Waals surface area contributed by atoms with Crippen molar-refractivity contribution in [1.82, 2.24) is 9.99 Å². The second kappa shape index (κ2) is 9.15. The summed E-state index contributed by atoms with van der Waals surface area (Å²) in [5.74, 6) is -1.64. The Kier molecular flexibility index (Phi) is 6.59. The summed E-state index contributed by atoms with van der Waals surface area (Å²) in [6.07, 6.45) is 1.50. The van der Waals surface area contributed by atoms with Gasteiger partial charge in [0.25, 0.3) is 0 Å². The van der Waals surface area contributed by atoms with Gasteiger partial charge in [-0.15, -0.1) is 0 Å². The molecule has 0 saturated heterocycles. The van der Waals surface area contributed by atoms with Crippen LogP contribution in [0.2, 0.25) is 10.0 Å². The van der Waals surface area contributed by atoms with Crippen LogP contribution in [0.4, 0.5) is 5.69 Å². The Bertz CT molecular complexity index is 1150. The third-order valence-corrected chi connectivity index (χ3v) is 5.34. The molecular weight excluding hydrogens is 423 g/mol. The smallest absolute Gasteiger partial charge is 0.318 e. The normalized spacial score (nSPS) is 11.0. The summed E-state index contributed by atoms with van der Waals surface area (Å²) in [5, 5.41) is 7.43. The van der Waals surface area contributed by atoms with Crippen molar-refractivity contribution in [3.63, 3.8) is 0 Å². The quantitative estimate of drug-likeness (QED) is 0.345. The van der Waals surface area contributed by atoms with Crippen molar-refractivity contribution in [2.45, 2.75) is 20.8 Å². The van der Waals surface area contributed by atoms with Gasteiger partial charge in [0.2, 0.25) is 0 Å². The largest absolute Gasteiger partial charge is 0.329 e. The highest BCUT2D eigenvalue weighted by atomic mass is 35.5. The topological polar surface area (TPSA) is 75.5 Å². The number of hydrogen-bond donors (Lipinski definition) is 2. The van der Waals surface area contributed by atoms with E-state index in [2.05, 4.69) is 15.8 Å². The summed E-state index contributed by atoms with van der Waals surface area (Å²) in [4.78, 5) is 24.1. The molecule has 2 N–H and O–H groups in total. The van der Waals surface area contributed by atoms with Gasteiger partial charge in [-0.3, -0.25) is 9.59 Å². The van der Waals surface area contributed by atoms with Gasteiger partial charge in [-0.05, 0) is 56.7 Å². The van der Waals surface area contributed by atoms with Crippen LogP contribution in [0.1, 0.15) is 22.5 Å². The Hall–Kier alpha value is -3.09. The minimum atomic E-state index is -0.854. The summed E-state index contributed by atoms with van der Waals surface area (Å²) >= 11 is 12.1. The minimum absolute atomic E-state index is 0.462. The summed E-state index contributed by atoms with van der Waals surface area (Å²) in [6, 6.07) is 14.5. The minimum Gasteiger partial charge on any atom is -0.318 e. The lowest BCUT2D eigenvalue weighted by Crippen LogP contribution is -2.32. The SMILES string of the molecule is Cc1ccccc1NC(=O)C(=O)N/N=C\c1cc(C)n(-c2ccc(Cl)c(Cl)c2)c1C. The number of nitrogens with zero attached hydrogens (tertiary/aromatic N) is 2. The van der Waals surface area contributed by atoms with E-state index < -0.39 is 11.8 Å². The van der Waals surface area contributed by atoms with Crippen LogP contribution in [0.5, 0.6) is 0 Å². The van der Waals surface area contributed by atoms with Gasteiger partial charge in [-0.25, -0.2) is 5.43 Å². The van der Waals surface area contributed by atoms with E-state index in [0.717, 1.165) is 28.2 Å². The molecule has 0 fully saturated rings. The fourth-order valence-corrected chi connectivity index (χ4v) is 3.34. The van der Waals surface area contributed by atoms with Gasteiger partial charge in [-0.2, -0.15) is 5.10 Å². The van der Waals surface area contributed by atoms with Gasteiger partial charge in [0.15, 0.2) is 0 Å². The number of benzene rings is 2. The molecule has 30 heavy (non-hydrogen) atoms. The summed E-state index contributed by atoms with van der Waals surface area (Å²) < 4.78 is 2.00. The lowest BCUT2D eigenvalue weighted by Gasteiger charge is -2.10. The van der Waals surface area contributed by atoms with Crippen LogP contribution in [-0.2, 0) is 9.59 Å². The first-order chi connectivity index (χ1) is 14.3. The molecule has 1 heterocycles. The van der Waals surface area contributed by atoms with Crippen LogP contribution < -0.4 is 10.7 Å². The average molecular weight is 443 g/mol. The van der Waals surface area contributed by atoms with Crippen LogP contribution in [0, 0.1) is 20.8 Å². The Morgan fingerprint density at radius 3 is 2.40 bits per heavy atom. The van der Waals surface area contributed by atoms with Crippen molar-refractivity contribution in [3.8, 4) is 5.69 Å². The van der Waals surface area contributed by atoms with E-state index in [4.69, 9.17) is 23.2 Å². The number of hydrazone groups is 1. The van der Waals surface area contributed by atoms with Gasteiger partial charge in [0.1, 0.15) is 0 Å². The zero-order valence-corrected chi connectivity index (χ0v) is 18.2. The lowest BCUT2D eigenvalue weighted by molar-refractivity contribution is -0.136. The van der Waals surface area contributed by atoms with E-state index in [1.807, 2.05) is 49.6 Å². The molecule has 0 aliphatic heterocycles. The highest BCUT2D eigenvalue weighted by molar-refractivity contribution is 6.42. The predicted molar refractivity (Wildman–Crippen MR) is 121 cm³/mol. The molecule has 8 heteroatoms. The first-order valence-corrected chi connectivity index (χ1v) is 9.88. The number of carbonyl (C=O) groups is 2. The number of amides is 2. The molecule has 2 aromatic carbocycles. The molecular formula is C22H20Cl2N4O2. The summed E-state index contributed by atoms with van der Waals surface area (Å²) in [7, 11) is 0. The van der Waals surface area contributed by atoms with Gasteiger partial charge in [0.05, 0.1) is 16.3 Å². The van der Waals surface area contributed by atoms with Crippen LogP contribution in [0.15, 0.2) is 53.6 Å². The fraction of sp³-hybridized carbons (Fsp3) is 0.136. The molecule has 3 aromatic rings. The number of carbonyl (C=O) groups excluding carboxylic acids is 2. The van der Waals surface area contributed by atoms with Crippen molar-refractivity contribution in [2.75, 3.05) is 5.32 Å². The molecule has 154 valence electrons. The number of hydrogen-bond acceptors (Lipinski definition) is 3. The third-order valence-electron chi connectivity index (χ3n) is 4.60. The van der Waals surface area contributed by atoms with Crippen LogP contribution in [-0.4, -0.2) is 22.6 Å². The van der Waals surface area contributed by atoms with E-state index >= 15 is 0 Å². The number of aryl methyl sites for hydroxylation is 2. The maximum Gasteiger partial charge on any atom is 0.329 e. The highest BCUT2D eigenvalue weighted by Gasteiger charge is 2.14. The van der Waals surface area contributed by atoms with Crippen LogP contribution in [0.25, 0.3) is 5.69 Å². The molecule has 1 aromatic heterocycles. The van der Waals surface area contributed by atoms with Crippen LogP contribution >= 0.6 is 23.2 Å². The molecule has 0 atom stereocenters. The van der Waals surface area contributed by atoms with Gasteiger partial charge in [-0.1, -0.05) is 41.4 Å². The van der Waals surface area contributed by atoms with Crippen molar-refractivity contribution in [1.29, 1.82) is 0 Å². The monoisotopic (exact) mass is 442 g/mol. The highest BCUT2D eigenvalue weighted by Crippen LogP contribution is 2.27. The Balaban J connectivity index is 1.70. The first-order valence-electron chi connectivity index (χ1n) is 9.12. The number of halogens is 2. The molecule has 0 unspecified atom stereocenters. The molecule has 0 radical (unpaired) electrons. The van der Waals surface area contributed by atoms with Crippen molar-refractivity contribution < 1.29 is 9.59 Å². The van der Waals surface area contributed by atoms with E-state index in [9.17, 15) is 9.59 Å². The number of anilines is 1. The Labute approximate surface area is 184 Å². The molecule has 2 amide bonds. The molecule has 0 saturated carbocycles. The van der Waals surface area contributed by atoms with E-state index in [0.29, 0.717) is 15.7 Å².